The molecule has 126 valence electrons. The molecule has 4 rings (SSSR count). The molecule has 25 heavy (non-hydrogen) atoms. The molecule has 2 heterocycles. The van der Waals surface area contributed by atoms with Crippen LogP contribution in [0.25, 0.3) is 26.9 Å². The van der Waals surface area contributed by atoms with Crippen LogP contribution in [0.2, 0.25) is 0 Å². The Balaban J connectivity index is 1.84. The van der Waals surface area contributed by atoms with Gasteiger partial charge in [-0.05, 0) is 60.1 Å². The van der Waals surface area contributed by atoms with Gasteiger partial charge in [-0.25, -0.2) is 0 Å². The fourth-order valence-corrected chi connectivity index (χ4v) is 4.17. The quantitative estimate of drug-likeness (QED) is 0.477. The van der Waals surface area contributed by atoms with Crippen molar-refractivity contribution in [2.75, 3.05) is 7.11 Å². The zero-order valence-corrected chi connectivity index (χ0v) is 16.3. The minimum absolute atomic E-state index is 0.705. The lowest BCUT2D eigenvalue weighted by molar-refractivity contribution is 0.414. The van der Waals surface area contributed by atoms with Crippen LogP contribution in [-0.2, 0) is 0 Å². The number of halogens is 1. The van der Waals surface area contributed by atoms with Crippen molar-refractivity contribution in [3.05, 3.63) is 52.0 Å². The number of aromatic nitrogens is 4. The lowest BCUT2D eigenvalue weighted by Crippen LogP contribution is -1.93. The van der Waals surface area contributed by atoms with Crippen molar-refractivity contribution in [2.45, 2.75) is 13.8 Å². The van der Waals surface area contributed by atoms with Gasteiger partial charge in [-0.15, -0.1) is 10.2 Å². The molecule has 0 fully saturated rings. The third-order valence-corrected chi connectivity index (χ3v) is 5.48. The van der Waals surface area contributed by atoms with E-state index in [9.17, 15) is 0 Å². The molecule has 2 aromatic carbocycles. The predicted octanol–water partition coefficient (Wildman–Crippen LogP) is 4.91. The normalized spacial score (nSPS) is 11.2. The fraction of sp³-hybridized carbons (Fsp3) is 0.167. The first-order chi connectivity index (χ1) is 12.0. The van der Waals surface area contributed by atoms with Crippen LogP contribution in [-0.4, -0.2) is 26.9 Å². The van der Waals surface area contributed by atoms with Crippen molar-refractivity contribution >= 4 is 32.2 Å². The molecule has 0 N–H and O–H groups in total. The summed E-state index contributed by atoms with van der Waals surface area (Å²) in [4.78, 5) is 0.770. The standard InChI is InChI=1S/C18H15BrN4OS/c1-10-6-11(2)8-12(7-10)17-22-23-16(20-21-18(23)25-17)14-5-4-13(24-3)9-15(14)19/h4-9H,1-3H3. The monoisotopic (exact) mass is 414 g/mol. The summed E-state index contributed by atoms with van der Waals surface area (Å²) in [6.45, 7) is 4.19. The van der Waals surface area contributed by atoms with Gasteiger partial charge in [0.1, 0.15) is 10.8 Å². The van der Waals surface area contributed by atoms with Gasteiger partial charge in [0.2, 0.25) is 4.96 Å². The number of fused-ring (bicyclic) bond motifs is 1. The molecule has 0 radical (unpaired) electrons. The summed E-state index contributed by atoms with van der Waals surface area (Å²) in [6.07, 6.45) is 0. The summed E-state index contributed by atoms with van der Waals surface area (Å²) >= 11 is 5.12. The molecule has 0 aliphatic heterocycles. The highest BCUT2D eigenvalue weighted by atomic mass is 79.9. The Labute approximate surface area is 157 Å². The number of methoxy groups -OCH3 is 1. The van der Waals surface area contributed by atoms with Gasteiger partial charge < -0.3 is 4.74 Å². The zero-order chi connectivity index (χ0) is 17.6. The Bertz CT molecular complexity index is 1070. The molecule has 0 amide bonds. The summed E-state index contributed by atoms with van der Waals surface area (Å²) in [6, 6.07) is 12.2. The van der Waals surface area contributed by atoms with Crippen molar-refractivity contribution in [2.24, 2.45) is 0 Å². The molecule has 4 aromatic rings. The Morgan fingerprint density at radius 3 is 2.48 bits per heavy atom. The van der Waals surface area contributed by atoms with E-state index < -0.39 is 0 Å². The highest BCUT2D eigenvalue weighted by molar-refractivity contribution is 9.10. The molecule has 7 heteroatoms. The summed E-state index contributed by atoms with van der Waals surface area (Å²) in [5, 5.41) is 14.3. The Morgan fingerprint density at radius 2 is 1.80 bits per heavy atom. The molecule has 0 bridgehead atoms. The van der Waals surface area contributed by atoms with Crippen LogP contribution < -0.4 is 4.74 Å². The van der Waals surface area contributed by atoms with E-state index in [1.165, 1.54) is 22.5 Å². The Morgan fingerprint density at radius 1 is 1.04 bits per heavy atom. The van der Waals surface area contributed by atoms with E-state index in [4.69, 9.17) is 9.84 Å². The largest absolute Gasteiger partial charge is 0.497 e. The summed E-state index contributed by atoms with van der Waals surface area (Å²) in [5.41, 5.74) is 4.47. The van der Waals surface area contributed by atoms with Gasteiger partial charge in [0, 0.05) is 15.6 Å². The van der Waals surface area contributed by atoms with Gasteiger partial charge in [-0.3, -0.25) is 0 Å². The summed E-state index contributed by atoms with van der Waals surface area (Å²) < 4.78 is 7.94. The molecule has 0 spiro atoms. The molecule has 0 saturated heterocycles. The number of nitrogens with zero attached hydrogens (tertiary/aromatic N) is 4. The molecule has 2 aromatic heterocycles. The van der Waals surface area contributed by atoms with Gasteiger partial charge in [-0.2, -0.15) is 9.61 Å². The van der Waals surface area contributed by atoms with Crippen LogP contribution in [0.3, 0.4) is 0 Å². The third-order valence-electron chi connectivity index (χ3n) is 3.88. The summed E-state index contributed by atoms with van der Waals surface area (Å²) in [7, 11) is 1.65. The molecule has 0 unspecified atom stereocenters. The van der Waals surface area contributed by atoms with Gasteiger partial charge >= 0.3 is 0 Å². The molecular formula is C18H15BrN4OS. The smallest absolute Gasteiger partial charge is 0.235 e. The van der Waals surface area contributed by atoms with E-state index in [0.717, 1.165) is 31.3 Å². The fourth-order valence-electron chi connectivity index (χ4n) is 2.80. The van der Waals surface area contributed by atoms with E-state index in [-0.39, 0.29) is 0 Å². The predicted molar refractivity (Wildman–Crippen MR) is 103 cm³/mol. The average Bonchev–Trinajstić information content (AvgIpc) is 3.14. The van der Waals surface area contributed by atoms with Crippen molar-refractivity contribution in [3.63, 3.8) is 0 Å². The van der Waals surface area contributed by atoms with E-state index in [2.05, 4.69) is 58.2 Å². The first kappa shape index (κ1) is 16.2. The minimum Gasteiger partial charge on any atom is -0.497 e. The lowest BCUT2D eigenvalue weighted by atomic mass is 10.1. The minimum atomic E-state index is 0.705. The van der Waals surface area contributed by atoms with Crippen LogP contribution in [0.5, 0.6) is 5.75 Å². The molecule has 0 atom stereocenters. The number of hydrogen-bond donors (Lipinski definition) is 0. The maximum atomic E-state index is 5.25. The van der Waals surface area contributed by atoms with Gasteiger partial charge in [-0.1, -0.05) is 28.5 Å². The number of hydrogen-bond acceptors (Lipinski definition) is 5. The highest BCUT2D eigenvalue weighted by Crippen LogP contribution is 2.33. The first-order valence-electron chi connectivity index (χ1n) is 7.70. The first-order valence-corrected chi connectivity index (χ1v) is 9.31. The number of ether oxygens (including phenoxy) is 1. The average molecular weight is 415 g/mol. The van der Waals surface area contributed by atoms with Crippen molar-refractivity contribution in [3.8, 4) is 27.7 Å². The third kappa shape index (κ3) is 2.94. The number of benzene rings is 2. The zero-order valence-electron chi connectivity index (χ0n) is 13.9. The second-order valence-electron chi connectivity index (χ2n) is 5.85. The molecule has 0 aliphatic carbocycles. The lowest BCUT2D eigenvalue weighted by Gasteiger charge is -2.04. The summed E-state index contributed by atoms with van der Waals surface area (Å²) in [5.74, 6) is 1.49. The SMILES string of the molecule is COc1ccc(-c2nnc3sc(-c4cc(C)cc(C)c4)nn23)c(Br)c1. The topological polar surface area (TPSA) is 52.3 Å². The molecule has 0 aliphatic rings. The van der Waals surface area contributed by atoms with Crippen molar-refractivity contribution in [1.29, 1.82) is 0 Å². The van der Waals surface area contributed by atoms with Crippen molar-refractivity contribution in [1.82, 2.24) is 19.8 Å². The number of aryl methyl sites for hydroxylation is 2. The second kappa shape index (κ2) is 6.24. The highest BCUT2D eigenvalue weighted by Gasteiger charge is 2.17. The van der Waals surface area contributed by atoms with E-state index in [1.807, 2.05) is 18.2 Å². The van der Waals surface area contributed by atoms with Crippen LogP contribution in [0.1, 0.15) is 11.1 Å². The maximum Gasteiger partial charge on any atom is 0.235 e. The van der Waals surface area contributed by atoms with E-state index in [1.54, 1.807) is 11.6 Å². The van der Waals surface area contributed by atoms with E-state index in [0.29, 0.717) is 5.82 Å². The Hall–Kier alpha value is -2.25. The van der Waals surface area contributed by atoms with E-state index >= 15 is 0 Å². The molecular weight excluding hydrogens is 400 g/mol. The van der Waals surface area contributed by atoms with Crippen LogP contribution in [0.4, 0.5) is 0 Å². The van der Waals surface area contributed by atoms with Gasteiger partial charge in [0.05, 0.1) is 7.11 Å². The second-order valence-corrected chi connectivity index (χ2v) is 7.66. The van der Waals surface area contributed by atoms with Gasteiger partial charge in [0.15, 0.2) is 5.82 Å². The Kier molecular flexibility index (Phi) is 4.05. The molecule has 5 nitrogen and oxygen atoms in total. The van der Waals surface area contributed by atoms with Crippen LogP contribution in [0, 0.1) is 13.8 Å². The maximum absolute atomic E-state index is 5.25. The van der Waals surface area contributed by atoms with Crippen molar-refractivity contribution < 1.29 is 4.74 Å². The van der Waals surface area contributed by atoms with Crippen LogP contribution in [0.15, 0.2) is 40.9 Å². The molecule has 0 saturated carbocycles. The number of rotatable bonds is 3. The van der Waals surface area contributed by atoms with Gasteiger partial charge in [0.25, 0.3) is 0 Å². The van der Waals surface area contributed by atoms with Crippen LogP contribution >= 0.6 is 27.3 Å².